The fraction of sp³-hybridized carbons (Fsp3) is 0.294. The van der Waals surface area contributed by atoms with E-state index < -0.39 is 0 Å². The SMILES string of the molecule is CN(C)c1c(Cl)cccc1NCCCc1ccccc1. The summed E-state index contributed by atoms with van der Waals surface area (Å²) in [7, 11) is 4.02. The van der Waals surface area contributed by atoms with Crippen LogP contribution in [0.15, 0.2) is 48.5 Å². The molecule has 0 aliphatic carbocycles. The van der Waals surface area contributed by atoms with Gasteiger partial charge >= 0.3 is 0 Å². The van der Waals surface area contributed by atoms with E-state index >= 15 is 0 Å². The van der Waals surface area contributed by atoms with E-state index in [0.29, 0.717) is 0 Å². The monoisotopic (exact) mass is 288 g/mol. The Labute approximate surface area is 126 Å². The van der Waals surface area contributed by atoms with Crippen LogP contribution in [0.1, 0.15) is 12.0 Å². The fourth-order valence-corrected chi connectivity index (χ4v) is 2.62. The molecule has 0 amide bonds. The van der Waals surface area contributed by atoms with Gasteiger partial charge in [-0.15, -0.1) is 0 Å². The van der Waals surface area contributed by atoms with E-state index in [1.54, 1.807) is 0 Å². The Morgan fingerprint density at radius 1 is 1.00 bits per heavy atom. The lowest BCUT2D eigenvalue weighted by atomic mass is 10.1. The first-order valence-electron chi connectivity index (χ1n) is 6.92. The molecular formula is C17H21ClN2. The van der Waals surface area contributed by atoms with E-state index in [4.69, 9.17) is 11.6 Å². The number of hydrogen-bond acceptors (Lipinski definition) is 2. The second-order valence-corrected chi connectivity index (χ2v) is 5.45. The molecule has 0 fully saturated rings. The molecule has 2 nitrogen and oxygen atoms in total. The van der Waals surface area contributed by atoms with Gasteiger partial charge in [-0.3, -0.25) is 0 Å². The predicted octanol–water partition coefficient (Wildman–Crippen LogP) is 4.45. The van der Waals surface area contributed by atoms with Gasteiger partial charge in [-0.25, -0.2) is 0 Å². The number of hydrogen-bond donors (Lipinski definition) is 1. The van der Waals surface area contributed by atoms with E-state index in [-0.39, 0.29) is 0 Å². The van der Waals surface area contributed by atoms with Gasteiger partial charge in [-0.2, -0.15) is 0 Å². The Balaban J connectivity index is 1.90. The molecule has 0 aliphatic rings. The molecule has 0 aliphatic heterocycles. The second-order valence-electron chi connectivity index (χ2n) is 5.05. The second kappa shape index (κ2) is 7.20. The smallest absolute Gasteiger partial charge is 0.0786 e. The van der Waals surface area contributed by atoms with Gasteiger partial charge in [0.25, 0.3) is 0 Å². The van der Waals surface area contributed by atoms with E-state index in [1.807, 2.05) is 31.1 Å². The van der Waals surface area contributed by atoms with Crippen molar-refractivity contribution in [2.24, 2.45) is 0 Å². The van der Waals surface area contributed by atoms with Crippen LogP contribution in [-0.2, 0) is 6.42 Å². The zero-order valence-corrected chi connectivity index (χ0v) is 12.8. The normalized spacial score (nSPS) is 10.3. The highest BCUT2D eigenvalue weighted by Crippen LogP contribution is 2.32. The maximum atomic E-state index is 6.25. The fourth-order valence-electron chi connectivity index (χ4n) is 2.27. The van der Waals surface area contributed by atoms with Crippen LogP contribution in [0.25, 0.3) is 0 Å². The van der Waals surface area contributed by atoms with Crippen molar-refractivity contribution in [2.75, 3.05) is 30.9 Å². The first-order chi connectivity index (χ1) is 9.68. The minimum atomic E-state index is 0.781. The predicted molar refractivity (Wildman–Crippen MR) is 89.0 cm³/mol. The molecule has 0 radical (unpaired) electrons. The lowest BCUT2D eigenvalue weighted by molar-refractivity contribution is 0.862. The van der Waals surface area contributed by atoms with Crippen LogP contribution in [0.3, 0.4) is 0 Å². The Kier molecular flexibility index (Phi) is 5.31. The van der Waals surface area contributed by atoms with Crippen molar-refractivity contribution in [1.82, 2.24) is 0 Å². The summed E-state index contributed by atoms with van der Waals surface area (Å²) >= 11 is 6.25. The van der Waals surface area contributed by atoms with Crippen LogP contribution in [0.2, 0.25) is 5.02 Å². The number of benzene rings is 2. The summed E-state index contributed by atoms with van der Waals surface area (Å²) in [4.78, 5) is 2.04. The average molecular weight is 289 g/mol. The summed E-state index contributed by atoms with van der Waals surface area (Å²) < 4.78 is 0. The highest BCUT2D eigenvalue weighted by atomic mass is 35.5. The average Bonchev–Trinajstić information content (AvgIpc) is 2.44. The largest absolute Gasteiger partial charge is 0.383 e. The molecule has 0 saturated heterocycles. The van der Waals surface area contributed by atoms with Crippen LogP contribution < -0.4 is 10.2 Å². The lowest BCUT2D eigenvalue weighted by Gasteiger charge is -2.20. The van der Waals surface area contributed by atoms with Gasteiger partial charge in [-0.05, 0) is 30.5 Å². The molecule has 106 valence electrons. The number of anilines is 2. The Morgan fingerprint density at radius 2 is 1.75 bits per heavy atom. The van der Waals surface area contributed by atoms with Gasteiger partial charge < -0.3 is 10.2 Å². The van der Waals surface area contributed by atoms with E-state index in [1.165, 1.54) is 5.56 Å². The first kappa shape index (κ1) is 14.7. The quantitative estimate of drug-likeness (QED) is 0.790. The molecule has 2 aromatic carbocycles. The third-order valence-electron chi connectivity index (χ3n) is 3.23. The van der Waals surface area contributed by atoms with Gasteiger partial charge in [0.05, 0.1) is 16.4 Å². The lowest BCUT2D eigenvalue weighted by Crippen LogP contribution is -2.13. The summed E-state index contributed by atoms with van der Waals surface area (Å²) in [5.41, 5.74) is 3.53. The van der Waals surface area contributed by atoms with Crippen molar-refractivity contribution < 1.29 is 0 Å². The maximum absolute atomic E-state index is 6.25. The van der Waals surface area contributed by atoms with Gasteiger partial charge in [0.1, 0.15) is 0 Å². The van der Waals surface area contributed by atoms with Crippen molar-refractivity contribution in [3.63, 3.8) is 0 Å². The van der Waals surface area contributed by atoms with Crippen molar-refractivity contribution in [3.05, 3.63) is 59.1 Å². The molecule has 0 aromatic heterocycles. The molecule has 2 rings (SSSR count). The molecule has 0 saturated carbocycles. The van der Waals surface area contributed by atoms with E-state index in [0.717, 1.165) is 35.8 Å². The number of halogens is 1. The molecule has 1 N–H and O–H groups in total. The third-order valence-corrected chi connectivity index (χ3v) is 3.54. The zero-order valence-electron chi connectivity index (χ0n) is 12.1. The van der Waals surface area contributed by atoms with Crippen LogP contribution in [0, 0.1) is 0 Å². The number of nitrogens with zero attached hydrogens (tertiary/aromatic N) is 1. The summed E-state index contributed by atoms with van der Waals surface area (Å²) in [6.45, 7) is 0.941. The zero-order chi connectivity index (χ0) is 14.4. The van der Waals surface area contributed by atoms with Crippen LogP contribution in [0.4, 0.5) is 11.4 Å². The molecule has 3 heteroatoms. The molecular weight excluding hydrogens is 268 g/mol. The standard InChI is InChI=1S/C17H21ClN2/c1-20(2)17-15(18)11-6-12-16(17)19-13-7-10-14-8-4-3-5-9-14/h3-6,8-9,11-12,19H,7,10,13H2,1-2H3. The third kappa shape index (κ3) is 3.91. The summed E-state index contributed by atoms with van der Waals surface area (Å²) in [5.74, 6) is 0. The Morgan fingerprint density at radius 3 is 2.45 bits per heavy atom. The van der Waals surface area contributed by atoms with Gasteiger partial charge in [0.2, 0.25) is 0 Å². The molecule has 2 aromatic rings. The minimum Gasteiger partial charge on any atom is -0.383 e. The highest BCUT2D eigenvalue weighted by Gasteiger charge is 2.08. The van der Waals surface area contributed by atoms with Crippen LogP contribution in [0.5, 0.6) is 0 Å². The number of aryl methyl sites for hydroxylation is 1. The van der Waals surface area contributed by atoms with Gasteiger partial charge in [0.15, 0.2) is 0 Å². The Bertz CT molecular complexity index is 538. The number of rotatable bonds is 6. The van der Waals surface area contributed by atoms with Crippen molar-refractivity contribution in [1.29, 1.82) is 0 Å². The van der Waals surface area contributed by atoms with E-state index in [9.17, 15) is 0 Å². The van der Waals surface area contributed by atoms with Crippen molar-refractivity contribution in [2.45, 2.75) is 12.8 Å². The first-order valence-corrected chi connectivity index (χ1v) is 7.30. The minimum absolute atomic E-state index is 0.781. The summed E-state index contributed by atoms with van der Waals surface area (Å²) in [6, 6.07) is 16.5. The van der Waals surface area contributed by atoms with Gasteiger partial charge in [-0.1, -0.05) is 48.0 Å². The number of para-hydroxylation sites is 1. The van der Waals surface area contributed by atoms with E-state index in [2.05, 4.69) is 41.7 Å². The Hall–Kier alpha value is -1.67. The molecule has 0 bridgehead atoms. The maximum Gasteiger partial charge on any atom is 0.0786 e. The summed E-state index contributed by atoms with van der Waals surface area (Å²) in [6.07, 6.45) is 2.19. The highest BCUT2D eigenvalue weighted by molar-refractivity contribution is 6.34. The molecule has 20 heavy (non-hydrogen) atoms. The molecule has 0 unspecified atom stereocenters. The number of nitrogens with one attached hydrogen (secondary N) is 1. The van der Waals surface area contributed by atoms with Crippen molar-refractivity contribution in [3.8, 4) is 0 Å². The van der Waals surface area contributed by atoms with Crippen LogP contribution >= 0.6 is 11.6 Å². The van der Waals surface area contributed by atoms with Crippen molar-refractivity contribution >= 4 is 23.0 Å². The topological polar surface area (TPSA) is 15.3 Å². The summed E-state index contributed by atoms with van der Waals surface area (Å²) in [5, 5.41) is 4.26. The van der Waals surface area contributed by atoms with Crippen LogP contribution in [-0.4, -0.2) is 20.6 Å². The molecule has 0 heterocycles. The van der Waals surface area contributed by atoms with Gasteiger partial charge in [0, 0.05) is 20.6 Å². The molecule has 0 spiro atoms. The molecule has 0 atom stereocenters.